The summed E-state index contributed by atoms with van der Waals surface area (Å²) in [5.74, 6) is 2.44. The van der Waals surface area contributed by atoms with Crippen molar-refractivity contribution >= 4 is 15.9 Å². The molecule has 0 N–H and O–H groups in total. The van der Waals surface area contributed by atoms with E-state index in [1.165, 1.54) is 135 Å². The molecule has 1 rings (SSSR count). The average molecular weight is 626 g/mol. The summed E-state index contributed by atoms with van der Waals surface area (Å²) in [6, 6.07) is 4.11. The van der Waals surface area contributed by atoms with Crippen LogP contribution in [0.5, 0.6) is 17.2 Å². The summed E-state index contributed by atoms with van der Waals surface area (Å²) in [5.41, 5.74) is 0. The Hall–Kier alpha value is -0.900. The minimum absolute atomic E-state index is 0.721. The van der Waals surface area contributed by atoms with Crippen LogP contribution in [0.1, 0.15) is 175 Å². The normalized spacial score (nSPS) is 11.2. The Kier molecular flexibility index (Phi) is 26.2. The molecule has 0 saturated carbocycles. The molecule has 0 aliphatic rings. The first-order chi connectivity index (χ1) is 19.7. The topological polar surface area (TPSA) is 27.7 Å². The second-order valence-electron chi connectivity index (χ2n) is 11.7. The predicted octanol–water partition coefficient (Wildman–Crippen LogP) is 13.0. The van der Waals surface area contributed by atoms with E-state index in [4.69, 9.17) is 14.2 Å². The third kappa shape index (κ3) is 20.9. The van der Waals surface area contributed by atoms with Crippen molar-refractivity contribution in [2.45, 2.75) is 175 Å². The molecule has 234 valence electrons. The van der Waals surface area contributed by atoms with E-state index in [0.717, 1.165) is 60.8 Å². The van der Waals surface area contributed by atoms with E-state index in [1.807, 2.05) is 0 Å². The molecular weight excluding hydrogens is 560 g/mol. The van der Waals surface area contributed by atoms with Gasteiger partial charge in [0.15, 0.2) is 11.5 Å². The minimum atomic E-state index is 0.721. The molecule has 1 aromatic carbocycles. The van der Waals surface area contributed by atoms with Crippen molar-refractivity contribution in [1.29, 1.82) is 0 Å². The molecule has 3 nitrogen and oxygen atoms in total. The lowest BCUT2D eigenvalue weighted by Crippen LogP contribution is -2.06. The Morgan fingerprint density at radius 2 is 0.675 bits per heavy atom. The van der Waals surface area contributed by atoms with Crippen LogP contribution in [0.2, 0.25) is 0 Å². The van der Waals surface area contributed by atoms with Crippen LogP contribution in [0, 0.1) is 0 Å². The first-order valence-electron chi connectivity index (χ1n) is 17.4. The smallest absolute Gasteiger partial charge is 0.203 e. The molecule has 0 aliphatic heterocycles. The molecular formula is C36H65BrO3. The van der Waals surface area contributed by atoms with Gasteiger partial charge in [-0.25, -0.2) is 0 Å². The zero-order valence-corrected chi connectivity index (χ0v) is 28.4. The summed E-state index contributed by atoms with van der Waals surface area (Å²) >= 11 is 3.69. The fourth-order valence-corrected chi connectivity index (χ4v) is 5.56. The summed E-state index contributed by atoms with van der Waals surface area (Å²) in [5, 5.41) is 0. The molecule has 0 aliphatic carbocycles. The van der Waals surface area contributed by atoms with Crippen LogP contribution in [0.3, 0.4) is 0 Å². The summed E-state index contributed by atoms with van der Waals surface area (Å²) in [6.45, 7) is 9.02. The number of benzene rings is 1. The summed E-state index contributed by atoms with van der Waals surface area (Å²) < 4.78 is 19.9. The van der Waals surface area contributed by atoms with E-state index >= 15 is 0 Å². The van der Waals surface area contributed by atoms with Crippen LogP contribution in [0.4, 0.5) is 0 Å². The molecule has 0 bridgehead atoms. The highest BCUT2D eigenvalue weighted by Crippen LogP contribution is 2.41. The van der Waals surface area contributed by atoms with Gasteiger partial charge >= 0.3 is 0 Å². The number of halogens is 1. The largest absolute Gasteiger partial charge is 0.490 e. The lowest BCUT2D eigenvalue weighted by Gasteiger charge is -2.18. The van der Waals surface area contributed by atoms with Gasteiger partial charge in [-0.05, 0) is 31.4 Å². The maximum atomic E-state index is 6.36. The highest BCUT2D eigenvalue weighted by molar-refractivity contribution is 9.10. The van der Waals surface area contributed by atoms with Crippen molar-refractivity contribution in [3.8, 4) is 17.2 Å². The van der Waals surface area contributed by atoms with E-state index in [9.17, 15) is 0 Å². The van der Waals surface area contributed by atoms with Gasteiger partial charge in [0.25, 0.3) is 0 Å². The number of hydrogen-bond acceptors (Lipinski definition) is 3. The molecule has 0 unspecified atom stereocenters. The van der Waals surface area contributed by atoms with E-state index in [0.29, 0.717) is 0 Å². The first-order valence-corrected chi connectivity index (χ1v) is 18.2. The van der Waals surface area contributed by atoms with Gasteiger partial charge in [-0.2, -0.15) is 0 Å². The SMILES string of the molecule is CCCCCCCCCCOc1cc(Br)cc(OCCCCCCCCCC)c1OCCCCCCCCCC. The average Bonchev–Trinajstić information content (AvgIpc) is 2.95. The molecule has 40 heavy (non-hydrogen) atoms. The van der Waals surface area contributed by atoms with Crippen LogP contribution >= 0.6 is 15.9 Å². The van der Waals surface area contributed by atoms with Crippen molar-refractivity contribution in [3.05, 3.63) is 16.6 Å². The molecule has 0 heterocycles. The molecule has 0 radical (unpaired) electrons. The van der Waals surface area contributed by atoms with Crippen molar-refractivity contribution in [3.63, 3.8) is 0 Å². The molecule has 0 atom stereocenters. The maximum absolute atomic E-state index is 6.36. The summed E-state index contributed by atoms with van der Waals surface area (Å²) in [6.07, 6.45) is 31.2. The minimum Gasteiger partial charge on any atom is -0.490 e. The van der Waals surface area contributed by atoms with Gasteiger partial charge in [-0.3, -0.25) is 0 Å². The van der Waals surface area contributed by atoms with Gasteiger partial charge in [-0.1, -0.05) is 172 Å². The summed E-state index contributed by atoms with van der Waals surface area (Å²) in [7, 11) is 0. The van der Waals surface area contributed by atoms with Gasteiger partial charge in [0.2, 0.25) is 5.75 Å². The number of unbranched alkanes of at least 4 members (excludes halogenated alkanes) is 21. The lowest BCUT2D eigenvalue weighted by molar-refractivity contribution is 0.234. The molecule has 0 saturated heterocycles. The van der Waals surface area contributed by atoms with Gasteiger partial charge < -0.3 is 14.2 Å². The van der Waals surface area contributed by atoms with Gasteiger partial charge in [0.05, 0.1) is 19.8 Å². The Morgan fingerprint density at radius 3 is 1.00 bits per heavy atom. The zero-order chi connectivity index (χ0) is 28.9. The quantitative estimate of drug-likeness (QED) is 0.0796. The van der Waals surface area contributed by atoms with Crippen LogP contribution in [0.25, 0.3) is 0 Å². The molecule has 0 spiro atoms. The number of hydrogen-bond donors (Lipinski definition) is 0. The zero-order valence-electron chi connectivity index (χ0n) is 26.8. The Bertz CT molecular complexity index is 635. The highest BCUT2D eigenvalue weighted by atomic mass is 79.9. The second kappa shape index (κ2) is 28.2. The van der Waals surface area contributed by atoms with E-state index in [2.05, 4.69) is 48.8 Å². The van der Waals surface area contributed by atoms with Crippen LogP contribution in [-0.2, 0) is 0 Å². The molecule has 0 fully saturated rings. The van der Waals surface area contributed by atoms with E-state index in [-0.39, 0.29) is 0 Å². The van der Waals surface area contributed by atoms with Crippen molar-refractivity contribution < 1.29 is 14.2 Å². The van der Waals surface area contributed by atoms with Gasteiger partial charge in [0.1, 0.15) is 0 Å². The lowest BCUT2D eigenvalue weighted by atomic mass is 10.1. The first kappa shape index (κ1) is 37.1. The fraction of sp³-hybridized carbons (Fsp3) is 0.833. The third-order valence-electron chi connectivity index (χ3n) is 7.74. The van der Waals surface area contributed by atoms with Gasteiger partial charge in [0, 0.05) is 4.47 Å². The Morgan fingerprint density at radius 1 is 0.400 bits per heavy atom. The Labute approximate surface area is 258 Å². The van der Waals surface area contributed by atoms with Crippen LogP contribution < -0.4 is 14.2 Å². The number of ether oxygens (including phenoxy) is 3. The van der Waals surface area contributed by atoms with Crippen molar-refractivity contribution in [2.24, 2.45) is 0 Å². The third-order valence-corrected chi connectivity index (χ3v) is 8.20. The monoisotopic (exact) mass is 624 g/mol. The Balaban J connectivity index is 2.53. The highest BCUT2D eigenvalue weighted by Gasteiger charge is 2.15. The molecule has 1 aromatic rings. The summed E-state index contributed by atoms with van der Waals surface area (Å²) in [4.78, 5) is 0. The van der Waals surface area contributed by atoms with E-state index in [1.54, 1.807) is 0 Å². The fourth-order valence-electron chi connectivity index (χ4n) is 5.15. The number of rotatable bonds is 30. The molecule has 0 aromatic heterocycles. The van der Waals surface area contributed by atoms with Crippen molar-refractivity contribution in [2.75, 3.05) is 19.8 Å². The standard InChI is InChI=1S/C36H65BrO3/c1-4-7-10-13-16-19-22-25-28-38-34-31-33(37)32-35(39-29-26-23-20-17-14-11-8-5-2)36(34)40-30-27-24-21-18-15-12-9-6-3/h31-32H,4-30H2,1-3H3. The van der Waals surface area contributed by atoms with Crippen LogP contribution in [-0.4, -0.2) is 19.8 Å². The van der Waals surface area contributed by atoms with Gasteiger partial charge in [-0.15, -0.1) is 0 Å². The maximum Gasteiger partial charge on any atom is 0.203 e. The molecule has 0 amide bonds. The van der Waals surface area contributed by atoms with Crippen LogP contribution in [0.15, 0.2) is 16.6 Å². The molecule has 4 heteroatoms. The van der Waals surface area contributed by atoms with E-state index < -0.39 is 0 Å². The van der Waals surface area contributed by atoms with Crippen molar-refractivity contribution in [1.82, 2.24) is 0 Å². The predicted molar refractivity (Wildman–Crippen MR) is 178 cm³/mol. The second-order valence-corrected chi connectivity index (χ2v) is 12.6.